The van der Waals surface area contributed by atoms with Gasteiger partial charge >= 0.3 is 5.97 Å². The van der Waals surface area contributed by atoms with E-state index >= 15 is 0 Å². The Hall–Kier alpha value is -2.08. The molecule has 0 radical (unpaired) electrons. The summed E-state index contributed by atoms with van der Waals surface area (Å²) in [6.07, 6.45) is 2.48. The third-order valence-electron chi connectivity index (χ3n) is 2.79. The first-order valence-corrected chi connectivity index (χ1v) is 6.69. The molecule has 0 aliphatic rings. The SMILES string of the molecule is C=Cc1ccc(C(C#N)CCC(=O)OC(C)(C)C)cc1. The van der Waals surface area contributed by atoms with E-state index in [1.165, 1.54) is 0 Å². The quantitative estimate of drug-likeness (QED) is 0.759. The van der Waals surface area contributed by atoms with Crippen molar-refractivity contribution in [1.29, 1.82) is 5.26 Å². The fraction of sp³-hybridized carbons (Fsp3) is 0.412. The van der Waals surface area contributed by atoms with Crippen molar-refractivity contribution in [2.24, 2.45) is 0 Å². The van der Waals surface area contributed by atoms with E-state index < -0.39 is 5.60 Å². The third-order valence-corrected chi connectivity index (χ3v) is 2.79. The molecule has 106 valence electrons. The smallest absolute Gasteiger partial charge is 0.306 e. The van der Waals surface area contributed by atoms with Crippen LogP contribution in [0.4, 0.5) is 0 Å². The molecule has 0 fully saturated rings. The van der Waals surface area contributed by atoms with E-state index in [0.717, 1.165) is 11.1 Å². The van der Waals surface area contributed by atoms with Gasteiger partial charge in [-0.3, -0.25) is 4.79 Å². The number of nitrogens with zero attached hydrogens (tertiary/aromatic N) is 1. The highest BCUT2D eigenvalue weighted by Gasteiger charge is 2.18. The maximum atomic E-state index is 11.7. The predicted molar refractivity (Wildman–Crippen MR) is 80.0 cm³/mol. The Morgan fingerprint density at radius 2 is 2.00 bits per heavy atom. The summed E-state index contributed by atoms with van der Waals surface area (Å²) in [4.78, 5) is 11.7. The maximum absolute atomic E-state index is 11.7. The second kappa shape index (κ2) is 6.91. The third kappa shape index (κ3) is 5.27. The summed E-state index contributed by atoms with van der Waals surface area (Å²) in [5.41, 5.74) is 1.45. The molecule has 1 unspecified atom stereocenters. The summed E-state index contributed by atoms with van der Waals surface area (Å²) < 4.78 is 5.24. The van der Waals surface area contributed by atoms with Gasteiger partial charge in [-0.25, -0.2) is 0 Å². The summed E-state index contributed by atoms with van der Waals surface area (Å²) in [6.45, 7) is 9.20. The molecule has 0 saturated carbocycles. The van der Waals surface area contributed by atoms with Crippen molar-refractivity contribution in [2.45, 2.75) is 45.1 Å². The first-order chi connectivity index (χ1) is 9.35. The summed E-state index contributed by atoms with van der Waals surface area (Å²) in [5.74, 6) is -0.554. The van der Waals surface area contributed by atoms with Gasteiger partial charge in [-0.15, -0.1) is 0 Å². The number of hydrogen-bond acceptors (Lipinski definition) is 3. The standard InChI is InChI=1S/C17H21NO2/c1-5-13-6-8-14(9-7-13)15(12-18)10-11-16(19)20-17(2,3)4/h5-9,15H,1,10-11H2,2-4H3. The van der Waals surface area contributed by atoms with Crippen LogP contribution in [0.2, 0.25) is 0 Å². The Morgan fingerprint density at radius 3 is 2.45 bits per heavy atom. The molecule has 1 rings (SSSR count). The van der Waals surface area contributed by atoms with Gasteiger partial charge in [0.15, 0.2) is 0 Å². The summed E-state index contributed by atoms with van der Waals surface area (Å²) >= 11 is 0. The number of hydrogen-bond donors (Lipinski definition) is 0. The molecular formula is C17H21NO2. The molecule has 0 N–H and O–H groups in total. The Labute approximate surface area is 120 Å². The minimum atomic E-state index is -0.481. The van der Waals surface area contributed by atoms with E-state index in [0.29, 0.717) is 6.42 Å². The zero-order valence-electron chi connectivity index (χ0n) is 12.3. The van der Waals surface area contributed by atoms with Crippen LogP contribution >= 0.6 is 0 Å². The average Bonchev–Trinajstić information content (AvgIpc) is 2.38. The number of benzene rings is 1. The molecule has 0 spiro atoms. The van der Waals surface area contributed by atoms with Crippen LogP contribution in [0.1, 0.15) is 50.7 Å². The van der Waals surface area contributed by atoms with Crippen LogP contribution in [-0.2, 0) is 9.53 Å². The van der Waals surface area contributed by atoms with Crippen LogP contribution in [0.25, 0.3) is 6.08 Å². The first kappa shape index (κ1) is 16.0. The highest BCUT2D eigenvalue weighted by atomic mass is 16.6. The van der Waals surface area contributed by atoms with Gasteiger partial charge in [-0.05, 0) is 38.3 Å². The highest BCUT2D eigenvalue weighted by molar-refractivity contribution is 5.70. The Morgan fingerprint density at radius 1 is 1.40 bits per heavy atom. The number of carbonyl (C=O) groups is 1. The van der Waals surface area contributed by atoms with Gasteiger partial charge in [0.05, 0.1) is 12.0 Å². The van der Waals surface area contributed by atoms with Crippen LogP contribution in [0, 0.1) is 11.3 Å². The lowest BCUT2D eigenvalue weighted by atomic mass is 9.95. The van der Waals surface area contributed by atoms with E-state index in [4.69, 9.17) is 4.74 Å². The maximum Gasteiger partial charge on any atom is 0.306 e. The molecule has 0 saturated heterocycles. The topological polar surface area (TPSA) is 50.1 Å². The van der Waals surface area contributed by atoms with Crippen LogP contribution in [0.15, 0.2) is 30.8 Å². The normalized spacial score (nSPS) is 12.3. The molecule has 0 aliphatic heterocycles. The number of esters is 1. The first-order valence-electron chi connectivity index (χ1n) is 6.69. The van der Waals surface area contributed by atoms with E-state index in [-0.39, 0.29) is 18.3 Å². The highest BCUT2D eigenvalue weighted by Crippen LogP contribution is 2.22. The fourth-order valence-corrected chi connectivity index (χ4v) is 1.82. The van der Waals surface area contributed by atoms with E-state index in [9.17, 15) is 10.1 Å². The molecule has 0 amide bonds. The lowest BCUT2D eigenvalue weighted by Crippen LogP contribution is -2.23. The van der Waals surface area contributed by atoms with Crippen molar-refractivity contribution >= 4 is 12.0 Å². The molecule has 1 aromatic carbocycles. The molecule has 1 aromatic rings. The molecular weight excluding hydrogens is 250 g/mol. The minimum absolute atomic E-state index is 0.249. The number of nitriles is 1. The number of rotatable bonds is 5. The van der Waals surface area contributed by atoms with Crippen LogP contribution in [-0.4, -0.2) is 11.6 Å². The lowest BCUT2D eigenvalue weighted by molar-refractivity contribution is -0.154. The van der Waals surface area contributed by atoms with Gasteiger partial charge in [0.1, 0.15) is 5.60 Å². The fourth-order valence-electron chi connectivity index (χ4n) is 1.82. The Kier molecular flexibility index (Phi) is 5.52. The van der Waals surface area contributed by atoms with E-state index in [2.05, 4.69) is 12.6 Å². The van der Waals surface area contributed by atoms with Crippen molar-refractivity contribution in [2.75, 3.05) is 0 Å². The van der Waals surface area contributed by atoms with Crippen molar-refractivity contribution in [3.63, 3.8) is 0 Å². The van der Waals surface area contributed by atoms with Gasteiger partial charge in [-0.2, -0.15) is 5.26 Å². The largest absolute Gasteiger partial charge is 0.460 e. The molecule has 1 atom stereocenters. The van der Waals surface area contributed by atoms with Gasteiger partial charge in [0.25, 0.3) is 0 Å². The molecule has 3 heteroatoms. The average molecular weight is 271 g/mol. The van der Waals surface area contributed by atoms with Crippen LogP contribution in [0.5, 0.6) is 0 Å². The summed E-state index contributed by atoms with van der Waals surface area (Å²) in [7, 11) is 0. The Bertz CT molecular complexity index is 503. The summed E-state index contributed by atoms with van der Waals surface area (Å²) in [5, 5.41) is 9.23. The van der Waals surface area contributed by atoms with Crippen molar-refractivity contribution in [1.82, 2.24) is 0 Å². The number of ether oxygens (including phenoxy) is 1. The van der Waals surface area contributed by atoms with Crippen LogP contribution < -0.4 is 0 Å². The minimum Gasteiger partial charge on any atom is -0.460 e. The predicted octanol–water partition coefficient (Wildman–Crippen LogP) is 4.06. The monoisotopic (exact) mass is 271 g/mol. The van der Waals surface area contributed by atoms with Crippen LogP contribution in [0.3, 0.4) is 0 Å². The zero-order chi connectivity index (χ0) is 15.2. The Balaban J connectivity index is 2.61. The summed E-state index contributed by atoms with van der Waals surface area (Å²) in [6, 6.07) is 9.88. The molecule has 3 nitrogen and oxygen atoms in total. The lowest BCUT2D eigenvalue weighted by Gasteiger charge is -2.19. The van der Waals surface area contributed by atoms with Crippen molar-refractivity contribution in [3.8, 4) is 6.07 Å². The van der Waals surface area contributed by atoms with Gasteiger partial charge in [0.2, 0.25) is 0 Å². The van der Waals surface area contributed by atoms with Crippen molar-refractivity contribution < 1.29 is 9.53 Å². The second-order valence-corrected chi connectivity index (χ2v) is 5.68. The van der Waals surface area contributed by atoms with E-state index in [1.807, 2.05) is 45.0 Å². The van der Waals surface area contributed by atoms with Gasteiger partial charge in [-0.1, -0.05) is 36.9 Å². The van der Waals surface area contributed by atoms with Gasteiger partial charge in [0, 0.05) is 6.42 Å². The molecule has 0 bridgehead atoms. The van der Waals surface area contributed by atoms with Gasteiger partial charge < -0.3 is 4.74 Å². The molecule has 0 aromatic heterocycles. The molecule has 20 heavy (non-hydrogen) atoms. The second-order valence-electron chi connectivity index (χ2n) is 5.68. The van der Waals surface area contributed by atoms with Crippen molar-refractivity contribution in [3.05, 3.63) is 42.0 Å². The zero-order valence-corrected chi connectivity index (χ0v) is 12.3. The molecule has 0 heterocycles. The number of carbonyl (C=O) groups excluding carboxylic acids is 1. The molecule has 0 aliphatic carbocycles. The van der Waals surface area contributed by atoms with E-state index in [1.54, 1.807) is 6.08 Å².